The lowest BCUT2D eigenvalue weighted by atomic mass is 10.2. The Morgan fingerprint density at radius 2 is 2.13 bits per heavy atom. The Labute approximate surface area is 97.2 Å². The van der Waals surface area contributed by atoms with Crippen molar-refractivity contribution in [2.24, 2.45) is 0 Å². The van der Waals surface area contributed by atoms with E-state index >= 15 is 0 Å². The first-order chi connectivity index (χ1) is 7.11. The zero-order chi connectivity index (χ0) is 11.0. The van der Waals surface area contributed by atoms with Gasteiger partial charge in [-0.1, -0.05) is 13.8 Å². The van der Waals surface area contributed by atoms with Crippen LogP contribution in [0.1, 0.15) is 25.5 Å². The number of ether oxygens (including phenoxy) is 1. The van der Waals surface area contributed by atoms with Gasteiger partial charge >= 0.3 is 0 Å². The lowest BCUT2D eigenvalue weighted by Crippen LogP contribution is -1.88. The molecule has 0 amide bonds. The van der Waals surface area contributed by atoms with Gasteiger partial charge in [-0.3, -0.25) is 0 Å². The van der Waals surface area contributed by atoms with Crippen LogP contribution in [0.3, 0.4) is 0 Å². The molecule has 0 spiro atoms. The van der Waals surface area contributed by atoms with Gasteiger partial charge in [-0.15, -0.1) is 0 Å². The highest BCUT2D eigenvalue weighted by atomic mass is 79.9. The topological polar surface area (TPSA) is 26.5 Å². The maximum atomic E-state index is 5.19. The van der Waals surface area contributed by atoms with Crippen LogP contribution in [-0.4, -0.2) is 16.5 Å². The highest BCUT2D eigenvalue weighted by molar-refractivity contribution is 9.10. The van der Waals surface area contributed by atoms with E-state index in [0.717, 1.165) is 21.6 Å². The van der Waals surface area contributed by atoms with E-state index in [0.29, 0.717) is 5.92 Å². The molecule has 0 aliphatic carbocycles. The van der Waals surface area contributed by atoms with Crippen LogP contribution in [0.15, 0.2) is 22.9 Å². The van der Waals surface area contributed by atoms with Gasteiger partial charge in [-0.25, -0.2) is 4.98 Å². The fourth-order valence-electron chi connectivity index (χ4n) is 1.44. The number of nitrogens with zero attached hydrogens (tertiary/aromatic N) is 2. The molecule has 80 valence electrons. The van der Waals surface area contributed by atoms with E-state index in [-0.39, 0.29) is 0 Å². The Morgan fingerprint density at radius 3 is 2.73 bits per heavy atom. The van der Waals surface area contributed by atoms with E-state index in [1.165, 1.54) is 0 Å². The van der Waals surface area contributed by atoms with Crippen molar-refractivity contribution in [3.8, 4) is 5.75 Å². The van der Waals surface area contributed by atoms with Gasteiger partial charge in [0.2, 0.25) is 0 Å². The number of rotatable bonds is 2. The Kier molecular flexibility index (Phi) is 2.69. The number of hydrogen-bond acceptors (Lipinski definition) is 2. The van der Waals surface area contributed by atoms with Gasteiger partial charge in [0.05, 0.1) is 23.5 Å². The van der Waals surface area contributed by atoms with Gasteiger partial charge in [-0.05, 0) is 27.9 Å². The molecule has 0 saturated heterocycles. The molecule has 4 heteroatoms. The summed E-state index contributed by atoms with van der Waals surface area (Å²) >= 11 is 3.49. The van der Waals surface area contributed by atoms with Crippen LogP contribution in [0.5, 0.6) is 5.75 Å². The van der Waals surface area contributed by atoms with Crippen LogP contribution in [-0.2, 0) is 0 Å². The Bertz CT molecular complexity index is 491. The third-order valence-corrected chi connectivity index (χ3v) is 2.91. The largest absolute Gasteiger partial charge is 0.495 e. The van der Waals surface area contributed by atoms with Gasteiger partial charge in [0.25, 0.3) is 0 Å². The second kappa shape index (κ2) is 3.85. The first-order valence-corrected chi connectivity index (χ1v) is 5.63. The number of fused-ring (bicyclic) bond motifs is 1. The smallest absolute Gasteiger partial charge is 0.151 e. The first kappa shape index (κ1) is 10.5. The van der Waals surface area contributed by atoms with E-state index in [1.54, 1.807) is 7.11 Å². The molecule has 0 radical (unpaired) electrons. The van der Waals surface area contributed by atoms with E-state index < -0.39 is 0 Å². The number of pyridine rings is 1. The molecule has 0 unspecified atom stereocenters. The van der Waals surface area contributed by atoms with Crippen LogP contribution in [0.25, 0.3) is 5.65 Å². The quantitative estimate of drug-likeness (QED) is 0.836. The summed E-state index contributed by atoms with van der Waals surface area (Å²) in [5, 5.41) is 0. The van der Waals surface area contributed by atoms with Crippen LogP contribution >= 0.6 is 15.9 Å². The lowest BCUT2D eigenvalue weighted by molar-refractivity contribution is 0.412. The second-order valence-corrected chi connectivity index (χ2v) is 4.63. The fourth-order valence-corrected chi connectivity index (χ4v) is 1.96. The molecule has 0 saturated carbocycles. The molecule has 2 aromatic heterocycles. The van der Waals surface area contributed by atoms with E-state index in [9.17, 15) is 0 Å². The monoisotopic (exact) mass is 268 g/mol. The molecular formula is C11H13BrN2O. The molecule has 0 aliphatic rings. The molecule has 0 N–H and O–H groups in total. The summed E-state index contributed by atoms with van der Waals surface area (Å²) < 4.78 is 8.13. The molecule has 0 bridgehead atoms. The predicted molar refractivity (Wildman–Crippen MR) is 63.5 cm³/mol. The normalized spacial score (nSPS) is 11.3. The highest BCUT2D eigenvalue weighted by Crippen LogP contribution is 2.25. The number of hydrogen-bond donors (Lipinski definition) is 0. The minimum absolute atomic E-state index is 0.433. The van der Waals surface area contributed by atoms with E-state index in [2.05, 4.69) is 34.8 Å². The molecule has 3 nitrogen and oxygen atoms in total. The van der Waals surface area contributed by atoms with Crippen molar-refractivity contribution < 1.29 is 4.74 Å². The molecule has 0 atom stereocenters. The molecule has 15 heavy (non-hydrogen) atoms. The molecule has 0 aromatic carbocycles. The SMILES string of the molecule is COc1cc(Br)c2nc(C(C)C)cn2c1. The number of imidazole rings is 1. The predicted octanol–water partition coefficient (Wildman–Crippen LogP) is 3.23. The highest BCUT2D eigenvalue weighted by Gasteiger charge is 2.09. The van der Waals surface area contributed by atoms with Crippen molar-refractivity contribution in [3.63, 3.8) is 0 Å². The summed E-state index contributed by atoms with van der Waals surface area (Å²) in [5.41, 5.74) is 2.02. The molecule has 2 rings (SSSR count). The average molecular weight is 269 g/mol. The summed E-state index contributed by atoms with van der Waals surface area (Å²) in [6.45, 7) is 4.26. The number of methoxy groups -OCH3 is 1. The van der Waals surface area contributed by atoms with Gasteiger partial charge in [0.1, 0.15) is 5.75 Å². The van der Waals surface area contributed by atoms with E-state index in [4.69, 9.17) is 4.74 Å². The summed E-state index contributed by atoms with van der Waals surface area (Å²) in [4.78, 5) is 4.55. The summed E-state index contributed by atoms with van der Waals surface area (Å²) in [5.74, 6) is 1.25. The lowest BCUT2D eigenvalue weighted by Gasteiger charge is -2.01. The summed E-state index contributed by atoms with van der Waals surface area (Å²) in [7, 11) is 1.66. The average Bonchev–Trinajstić information content (AvgIpc) is 2.61. The van der Waals surface area contributed by atoms with Crippen LogP contribution < -0.4 is 4.74 Å². The van der Waals surface area contributed by atoms with Crippen LogP contribution in [0.2, 0.25) is 0 Å². The fraction of sp³-hybridized carbons (Fsp3) is 0.364. The maximum absolute atomic E-state index is 5.19. The van der Waals surface area contributed by atoms with Gasteiger partial charge in [0, 0.05) is 6.20 Å². The van der Waals surface area contributed by atoms with Crippen LogP contribution in [0, 0.1) is 0 Å². The molecule has 0 aliphatic heterocycles. The van der Waals surface area contributed by atoms with Gasteiger partial charge < -0.3 is 9.14 Å². The number of aromatic nitrogens is 2. The summed E-state index contributed by atoms with van der Waals surface area (Å²) in [6.07, 6.45) is 3.96. The zero-order valence-corrected chi connectivity index (χ0v) is 10.6. The van der Waals surface area contributed by atoms with Gasteiger partial charge in [-0.2, -0.15) is 0 Å². The van der Waals surface area contributed by atoms with Crippen molar-refractivity contribution in [2.75, 3.05) is 7.11 Å². The van der Waals surface area contributed by atoms with Crippen molar-refractivity contribution in [1.29, 1.82) is 0 Å². The minimum Gasteiger partial charge on any atom is -0.495 e. The Morgan fingerprint density at radius 1 is 1.40 bits per heavy atom. The van der Waals surface area contributed by atoms with Crippen molar-refractivity contribution >= 4 is 21.6 Å². The summed E-state index contributed by atoms with van der Waals surface area (Å²) in [6, 6.07) is 1.92. The van der Waals surface area contributed by atoms with E-state index in [1.807, 2.05) is 22.9 Å². The minimum atomic E-state index is 0.433. The number of halogens is 1. The first-order valence-electron chi connectivity index (χ1n) is 4.84. The van der Waals surface area contributed by atoms with Crippen molar-refractivity contribution in [3.05, 3.63) is 28.6 Å². The van der Waals surface area contributed by atoms with Crippen molar-refractivity contribution in [2.45, 2.75) is 19.8 Å². The second-order valence-electron chi connectivity index (χ2n) is 3.78. The zero-order valence-electron chi connectivity index (χ0n) is 8.99. The molecular weight excluding hydrogens is 256 g/mol. The Balaban J connectivity index is 2.64. The standard InChI is InChI=1S/C11H13BrN2O/c1-7(2)10-6-14-5-8(15-3)4-9(12)11(14)13-10/h4-7H,1-3H3. The maximum Gasteiger partial charge on any atom is 0.151 e. The molecule has 2 aromatic rings. The molecule has 0 fully saturated rings. The van der Waals surface area contributed by atoms with Crippen molar-refractivity contribution in [1.82, 2.24) is 9.38 Å². The Hall–Kier alpha value is -1.03. The van der Waals surface area contributed by atoms with Gasteiger partial charge in [0.15, 0.2) is 5.65 Å². The molecule has 2 heterocycles. The third-order valence-electron chi connectivity index (χ3n) is 2.33. The van der Waals surface area contributed by atoms with Crippen LogP contribution in [0.4, 0.5) is 0 Å². The third kappa shape index (κ3) is 1.86.